The monoisotopic (exact) mass is 538 g/mol. The van der Waals surface area contributed by atoms with Crippen LogP contribution in [0.15, 0.2) is 12.1 Å². The zero-order valence-corrected chi connectivity index (χ0v) is 19.9. The molecule has 0 radical (unpaired) electrons. The largest absolute Gasteiger partial charge is 0.480 e. The summed E-state index contributed by atoms with van der Waals surface area (Å²) < 4.78 is 100. The van der Waals surface area contributed by atoms with E-state index in [1.54, 1.807) is 0 Å². The summed E-state index contributed by atoms with van der Waals surface area (Å²) >= 11 is 0. The Bertz CT molecular complexity index is 1320. The van der Waals surface area contributed by atoms with Gasteiger partial charge in [0.1, 0.15) is 17.2 Å². The molecule has 1 amide bonds. The van der Waals surface area contributed by atoms with Gasteiger partial charge in [0, 0.05) is 7.05 Å². The number of H-pyrrole nitrogens is 1. The molecule has 37 heavy (non-hydrogen) atoms. The lowest BCUT2D eigenvalue weighted by molar-refractivity contribution is -0.189. The molecule has 1 atom stereocenters. The third-order valence-corrected chi connectivity index (χ3v) is 5.08. The zero-order chi connectivity index (χ0) is 28.1. The van der Waals surface area contributed by atoms with Crippen LogP contribution in [-0.4, -0.2) is 48.3 Å². The van der Waals surface area contributed by atoms with Crippen LogP contribution in [-0.2, 0) is 18.8 Å². The number of aryl methyl sites for hydroxylation is 2. The maximum Gasteiger partial charge on any atom is 0.437 e. The Morgan fingerprint density at radius 2 is 1.81 bits per heavy atom. The number of alkyl halides is 6. The van der Waals surface area contributed by atoms with Crippen LogP contribution in [0.2, 0.25) is 0 Å². The van der Waals surface area contributed by atoms with Gasteiger partial charge in [0.05, 0.1) is 22.5 Å². The van der Waals surface area contributed by atoms with E-state index in [4.69, 9.17) is 4.74 Å². The van der Waals surface area contributed by atoms with Crippen LogP contribution in [0.1, 0.15) is 48.3 Å². The summed E-state index contributed by atoms with van der Waals surface area (Å²) in [4.78, 5) is 16.9. The topological polar surface area (TPSA) is 118 Å². The molecular weight excluding hydrogens is 517 g/mol. The highest BCUT2D eigenvalue weighted by Gasteiger charge is 2.40. The van der Waals surface area contributed by atoms with Crippen molar-refractivity contribution in [2.45, 2.75) is 51.8 Å². The molecule has 3 aromatic rings. The fourth-order valence-corrected chi connectivity index (χ4v) is 3.26. The van der Waals surface area contributed by atoms with E-state index in [-0.39, 0.29) is 17.3 Å². The van der Waals surface area contributed by atoms with Gasteiger partial charge in [0.15, 0.2) is 23.4 Å². The van der Waals surface area contributed by atoms with Gasteiger partial charge in [0.2, 0.25) is 0 Å². The Hall–Kier alpha value is -3.69. The third kappa shape index (κ3) is 5.84. The second-order valence-corrected chi connectivity index (χ2v) is 8.60. The van der Waals surface area contributed by atoms with E-state index in [0.717, 1.165) is 17.7 Å². The van der Waals surface area contributed by atoms with E-state index in [1.165, 1.54) is 20.9 Å². The van der Waals surface area contributed by atoms with Crippen molar-refractivity contribution >= 4 is 11.6 Å². The average Bonchev–Trinajstić information content (AvgIpc) is 3.30. The number of carbonyl (C=O) groups excluding carboxylic acids is 1. The summed E-state index contributed by atoms with van der Waals surface area (Å²) in [5, 5.41) is 21.2. The van der Waals surface area contributed by atoms with Gasteiger partial charge in [-0.25, -0.2) is 14.1 Å². The summed E-state index contributed by atoms with van der Waals surface area (Å²) in [6.45, 7) is 4.53. The first-order valence-electron chi connectivity index (χ1n) is 10.5. The lowest BCUT2D eigenvalue weighted by Crippen LogP contribution is -2.32. The van der Waals surface area contributed by atoms with Crippen LogP contribution < -0.4 is 10.1 Å². The van der Waals surface area contributed by atoms with E-state index in [2.05, 4.69) is 20.3 Å². The van der Waals surface area contributed by atoms with Gasteiger partial charge in [0.25, 0.3) is 5.91 Å². The molecule has 0 saturated carbocycles. The van der Waals surface area contributed by atoms with Crippen LogP contribution in [0.4, 0.5) is 36.4 Å². The van der Waals surface area contributed by atoms with Gasteiger partial charge in [-0.2, -0.15) is 36.5 Å². The molecule has 1 unspecified atom stereocenters. The molecule has 0 aliphatic heterocycles. The first kappa shape index (κ1) is 27.9. The highest BCUT2D eigenvalue weighted by Crippen LogP contribution is 2.37. The fourth-order valence-electron chi connectivity index (χ4n) is 3.26. The van der Waals surface area contributed by atoms with E-state index in [9.17, 15) is 36.2 Å². The lowest BCUT2D eigenvalue weighted by Gasteiger charge is -2.20. The van der Waals surface area contributed by atoms with Crippen LogP contribution >= 0.6 is 0 Å². The van der Waals surface area contributed by atoms with Crippen molar-refractivity contribution in [1.29, 1.82) is 0 Å². The minimum atomic E-state index is -4.98. The number of hydrogen-bond donors (Lipinski definition) is 3. The van der Waals surface area contributed by atoms with Crippen molar-refractivity contribution in [2.75, 3.05) is 5.32 Å². The first-order chi connectivity index (χ1) is 16.8. The molecule has 16 heteroatoms. The maximum absolute atomic E-state index is 15.1. The predicted molar refractivity (Wildman–Crippen MR) is 114 cm³/mol. The summed E-state index contributed by atoms with van der Waals surface area (Å²) in [6.07, 6.45) is -12.4. The number of halogens is 7. The Morgan fingerprint density at radius 3 is 2.32 bits per heavy atom. The number of amides is 1. The van der Waals surface area contributed by atoms with E-state index in [1.807, 2.05) is 5.32 Å². The van der Waals surface area contributed by atoms with Crippen LogP contribution in [0.3, 0.4) is 0 Å². The summed E-state index contributed by atoms with van der Waals surface area (Å²) in [7, 11) is 1.39. The molecule has 3 rings (SSSR count). The van der Waals surface area contributed by atoms with Gasteiger partial charge in [-0.1, -0.05) is 0 Å². The summed E-state index contributed by atoms with van der Waals surface area (Å²) in [6, 6.07) is 1.22. The number of aromatic nitrogens is 5. The number of carbonyl (C=O) groups is 1. The van der Waals surface area contributed by atoms with Crippen LogP contribution in [0, 0.1) is 12.7 Å². The Kier molecular flexibility index (Phi) is 7.02. The molecule has 0 fully saturated rings. The standard InChI is InChI=1S/C21H21F7N6O3/c1-8-14(15(32-31-8)21(26,27)28)29-17(35)11-6-12(22)10(7-13(11)37-9(2)20(23,24)25)16-30-18(19(3,4)36)34(5)33-16/h6-7,9,36H,1-5H3,(H,29,35)(H,31,32). The van der Waals surface area contributed by atoms with E-state index in [0.29, 0.717) is 13.0 Å². The number of aromatic amines is 1. The first-order valence-corrected chi connectivity index (χ1v) is 10.5. The highest BCUT2D eigenvalue weighted by atomic mass is 19.4. The van der Waals surface area contributed by atoms with Crippen molar-refractivity contribution in [3.8, 4) is 17.1 Å². The summed E-state index contributed by atoms with van der Waals surface area (Å²) in [5.41, 5.74) is -5.32. The Balaban J connectivity index is 2.13. The number of nitrogens with zero attached hydrogens (tertiary/aromatic N) is 4. The van der Waals surface area contributed by atoms with Crippen LogP contribution in [0.25, 0.3) is 11.4 Å². The van der Waals surface area contributed by atoms with Gasteiger partial charge >= 0.3 is 12.4 Å². The third-order valence-electron chi connectivity index (χ3n) is 5.08. The zero-order valence-electron chi connectivity index (χ0n) is 19.9. The molecule has 3 N–H and O–H groups in total. The minimum absolute atomic E-state index is 0.00930. The molecule has 2 aromatic heterocycles. The minimum Gasteiger partial charge on any atom is -0.480 e. The average molecular weight is 538 g/mol. The quantitative estimate of drug-likeness (QED) is 0.399. The second-order valence-electron chi connectivity index (χ2n) is 8.60. The molecular formula is C21H21F7N6O3. The van der Waals surface area contributed by atoms with Crippen molar-refractivity contribution in [2.24, 2.45) is 7.05 Å². The molecule has 202 valence electrons. The number of hydrogen-bond acceptors (Lipinski definition) is 6. The predicted octanol–water partition coefficient (Wildman–Crippen LogP) is 4.48. The van der Waals surface area contributed by atoms with Gasteiger partial charge < -0.3 is 15.2 Å². The smallest absolute Gasteiger partial charge is 0.437 e. The molecule has 0 spiro atoms. The fraction of sp³-hybridized carbons (Fsp3) is 0.429. The summed E-state index contributed by atoms with van der Waals surface area (Å²) in [5.74, 6) is -3.74. The van der Waals surface area contributed by atoms with Crippen LogP contribution in [0.5, 0.6) is 5.75 Å². The van der Waals surface area contributed by atoms with E-state index < -0.39 is 64.0 Å². The Labute approximate surface area is 204 Å². The molecule has 9 nitrogen and oxygen atoms in total. The maximum atomic E-state index is 15.1. The normalized spacial score (nSPS) is 13.5. The van der Waals surface area contributed by atoms with E-state index >= 15 is 4.39 Å². The lowest BCUT2D eigenvalue weighted by atomic mass is 10.1. The molecule has 0 bridgehead atoms. The van der Waals surface area contributed by atoms with Gasteiger partial charge in [-0.3, -0.25) is 9.89 Å². The van der Waals surface area contributed by atoms with Crippen molar-refractivity contribution in [3.05, 3.63) is 40.7 Å². The molecule has 0 saturated heterocycles. The number of aliphatic hydroxyl groups is 1. The SMILES string of the molecule is Cc1[nH]nc(C(F)(F)F)c1NC(=O)c1cc(F)c(-c2nc(C(C)(C)O)n(C)n2)cc1OC(C)C(F)(F)F. The number of nitrogens with one attached hydrogen (secondary N) is 2. The highest BCUT2D eigenvalue weighted by molar-refractivity contribution is 6.07. The van der Waals surface area contributed by atoms with Crippen molar-refractivity contribution in [3.63, 3.8) is 0 Å². The van der Waals surface area contributed by atoms with Crippen molar-refractivity contribution < 1.29 is 45.4 Å². The molecule has 2 heterocycles. The van der Waals surface area contributed by atoms with Gasteiger partial charge in [-0.15, -0.1) is 0 Å². The number of rotatable bonds is 6. The second kappa shape index (κ2) is 9.32. The van der Waals surface area contributed by atoms with Crippen molar-refractivity contribution in [1.82, 2.24) is 25.0 Å². The number of anilines is 1. The molecule has 1 aromatic carbocycles. The molecule has 0 aliphatic rings. The van der Waals surface area contributed by atoms with Gasteiger partial charge in [-0.05, 0) is 39.8 Å². The number of ether oxygens (including phenoxy) is 1. The Morgan fingerprint density at radius 1 is 1.19 bits per heavy atom. The number of benzene rings is 1. The molecule has 0 aliphatic carbocycles.